The molecule has 0 heterocycles. The van der Waals surface area contributed by atoms with Crippen LogP contribution in [0, 0.1) is 0 Å². The normalized spacial score (nSPS) is 12.9. The molecule has 0 radical (unpaired) electrons. The molecule has 0 saturated heterocycles. The molecule has 2 atom stereocenters. The second-order valence-corrected chi connectivity index (χ2v) is 15.4. The third kappa shape index (κ3) is 38.1. The van der Waals surface area contributed by atoms with Crippen LogP contribution in [0.2, 0.25) is 0 Å². The highest BCUT2D eigenvalue weighted by molar-refractivity contribution is 5.76. The van der Waals surface area contributed by atoms with Crippen molar-refractivity contribution in [2.24, 2.45) is 0 Å². The topological polar surface area (TPSA) is 95.9 Å². The number of ether oxygens (including phenoxy) is 1. The first kappa shape index (κ1) is 50.3. The maximum absolute atomic E-state index is 12.4. The predicted octanol–water partition coefficient (Wildman–Crippen LogP) is 12.8. The highest BCUT2D eigenvalue weighted by Crippen LogP contribution is 2.15. The van der Waals surface area contributed by atoms with Crippen LogP contribution in [0.1, 0.15) is 232 Å². The molecule has 0 aliphatic carbocycles. The second-order valence-electron chi connectivity index (χ2n) is 15.4. The van der Waals surface area contributed by atoms with Crippen molar-refractivity contribution < 1.29 is 24.5 Å². The van der Waals surface area contributed by atoms with Crippen LogP contribution in [0.15, 0.2) is 24.3 Å². The van der Waals surface area contributed by atoms with E-state index in [4.69, 9.17) is 4.74 Å². The van der Waals surface area contributed by atoms with E-state index in [1.54, 1.807) is 0 Å². The minimum Gasteiger partial charge on any atom is -0.466 e. The first-order chi connectivity index (χ1) is 25.5. The van der Waals surface area contributed by atoms with Gasteiger partial charge in [-0.2, -0.15) is 0 Å². The average molecular weight is 734 g/mol. The molecule has 0 aliphatic rings. The molecule has 6 heteroatoms. The Morgan fingerprint density at radius 2 is 1.00 bits per heavy atom. The fraction of sp³-hybridized carbons (Fsp3) is 0.870. The van der Waals surface area contributed by atoms with Crippen LogP contribution in [-0.2, 0) is 14.3 Å². The molecule has 0 aromatic carbocycles. The largest absolute Gasteiger partial charge is 0.466 e. The van der Waals surface area contributed by atoms with E-state index in [-0.39, 0.29) is 18.5 Å². The molecule has 0 fully saturated rings. The lowest BCUT2D eigenvalue weighted by Crippen LogP contribution is -2.45. The maximum Gasteiger partial charge on any atom is 0.305 e. The Balaban J connectivity index is 3.52. The minimum absolute atomic E-state index is 0.0409. The van der Waals surface area contributed by atoms with Gasteiger partial charge in [-0.15, -0.1) is 0 Å². The number of hydrogen-bond acceptors (Lipinski definition) is 5. The maximum atomic E-state index is 12.4. The number of esters is 1. The summed E-state index contributed by atoms with van der Waals surface area (Å²) in [6.45, 7) is 4.80. The number of aliphatic hydroxyl groups is 2. The Kier molecular flexibility index (Phi) is 40.7. The Bertz CT molecular complexity index is 813. The number of allylic oxidation sites excluding steroid dienone is 4. The Hall–Kier alpha value is -1.66. The molecule has 52 heavy (non-hydrogen) atoms. The smallest absolute Gasteiger partial charge is 0.305 e. The van der Waals surface area contributed by atoms with Crippen molar-refractivity contribution in [1.82, 2.24) is 5.32 Å². The molecule has 0 aromatic rings. The number of carbonyl (C=O) groups excluding carboxylic acids is 2. The van der Waals surface area contributed by atoms with E-state index in [2.05, 4.69) is 43.5 Å². The Morgan fingerprint density at radius 3 is 1.54 bits per heavy atom. The van der Waals surface area contributed by atoms with Crippen LogP contribution < -0.4 is 5.32 Å². The van der Waals surface area contributed by atoms with Crippen molar-refractivity contribution in [2.75, 3.05) is 13.2 Å². The number of hydrogen-bond donors (Lipinski definition) is 3. The summed E-state index contributed by atoms with van der Waals surface area (Å²) in [7, 11) is 0. The highest BCUT2D eigenvalue weighted by atomic mass is 16.5. The molecular weight excluding hydrogens is 647 g/mol. The summed E-state index contributed by atoms with van der Waals surface area (Å²) in [4.78, 5) is 24.4. The summed E-state index contributed by atoms with van der Waals surface area (Å²) in [6.07, 6.45) is 47.0. The van der Waals surface area contributed by atoms with E-state index in [9.17, 15) is 19.8 Å². The quantitative estimate of drug-likeness (QED) is 0.0330. The molecule has 2 unspecified atom stereocenters. The third-order valence-corrected chi connectivity index (χ3v) is 10.2. The number of rotatable bonds is 41. The summed E-state index contributed by atoms with van der Waals surface area (Å²) in [5, 5.41) is 23.1. The number of amides is 1. The van der Waals surface area contributed by atoms with Crippen molar-refractivity contribution >= 4 is 11.9 Å². The molecular formula is C46H87NO5. The van der Waals surface area contributed by atoms with Crippen LogP contribution in [-0.4, -0.2) is 47.4 Å². The summed E-state index contributed by atoms with van der Waals surface area (Å²) < 4.78 is 5.42. The monoisotopic (exact) mass is 734 g/mol. The van der Waals surface area contributed by atoms with Crippen LogP contribution in [0.5, 0.6) is 0 Å². The van der Waals surface area contributed by atoms with Gasteiger partial charge in [-0.3, -0.25) is 9.59 Å². The second kappa shape index (κ2) is 42.1. The van der Waals surface area contributed by atoms with Crippen LogP contribution in [0.3, 0.4) is 0 Å². The standard InChI is InChI=1S/C46H87NO5/c1-3-5-7-9-11-13-15-17-19-22-26-30-34-38-44(49)43(42-48)47-45(50)39-35-31-27-23-21-25-29-33-37-41-52-46(51)40-36-32-28-24-20-18-16-14-12-10-8-6-4-2/h8,10,14,16,43-44,48-49H,3-7,9,11-13,15,17-42H2,1-2H3,(H,47,50)/b10-8-,16-14-. The van der Waals surface area contributed by atoms with E-state index in [0.29, 0.717) is 25.9 Å². The average Bonchev–Trinajstić information content (AvgIpc) is 3.14. The summed E-state index contributed by atoms with van der Waals surface area (Å²) in [6, 6.07) is -0.561. The van der Waals surface area contributed by atoms with E-state index < -0.39 is 12.1 Å². The van der Waals surface area contributed by atoms with Gasteiger partial charge in [0.2, 0.25) is 5.91 Å². The number of unbranched alkanes of at least 4 members (excludes halogenated alkanes) is 26. The molecule has 0 bridgehead atoms. The van der Waals surface area contributed by atoms with Gasteiger partial charge in [0.1, 0.15) is 0 Å². The van der Waals surface area contributed by atoms with Gasteiger partial charge in [-0.25, -0.2) is 0 Å². The van der Waals surface area contributed by atoms with Gasteiger partial charge in [0, 0.05) is 12.8 Å². The van der Waals surface area contributed by atoms with Gasteiger partial charge in [0.25, 0.3) is 0 Å². The van der Waals surface area contributed by atoms with Gasteiger partial charge in [0.05, 0.1) is 25.4 Å². The molecule has 1 amide bonds. The Labute approximate surface area is 322 Å². The predicted molar refractivity (Wildman–Crippen MR) is 223 cm³/mol. The first-order valence-corrected chi connectivity index (χ1v) is 22.6. The summed E-state index contributed by atoms with van der Waals surface area (Å²) in [5.41, 5.74) is 0. The van der Waals surface area contributed by atoms with Gasteiger partial charge in [0.15, 0.2) is 0 Å². The zero-order valence-corrected chi connectivity index (χ0v) is 34.5. The summed E-state index contributed by atoms with van der Waals surface area (Å²) >= 11 is 0. The van der Waals surface area contributed by atoms with E-state index >= 15 is 0 Å². The van der Waals surface area contributed by atoms with Crippen molar-refractivity contribution in [1.29, 1.82) is 0 Å². The molecule has 306 valence electrons. The SMILES string of the molecule is CCC/C=C\C/C=C\CCCCCCCC(=O)OCCCCCCCCCCCC(=O)NC(CO)C(O)CCCCCCCCCCCCCCC. The molecule has 0 aliphatic heterocycles. The van der Waals surface area contributed by atoms with Gasteiger partial charge in [-0.05, 0) is 51.4 Å². The lowest BCUT2D eigenvalue weighted by molar-refractivity contribution is -0.143. The van der Waals surface area contributed by atoms with Crippen LogP contribution in [0.4, 0.5) is 0 Å². The first-order valence-electron chi connectivity index (χ1n) is 22.6. The summed E-state index contributed by atoms with van der Waals surface area (Å²) in [5.74, 6) is -0.106. The van der Waals surface area contributed by atoms with E-state index in [1.165, 1.54) is 128 Å². The Morgan fingerprint density at radius 1 is 0.538 bits per heavy atom. The minimum atomic E-state index is -0.681. The van der Waals surface area contributed by atoms with Gasteiger partial charge < -0.3 is 20.3 Å². The molecule has 6 nitrogen and oxygen atoms in total. The number of aliphatic hydroxyl groups excluding tert-OH is 2. The molecule has 0 rings (SSSR count). The van der Waals surface area contributed by atoms with Gasteiger partial charge >= 0.3 is 5.97 Å². The highest BCUT2D eigenvalue weighted by Gasteiger charge is 2.20. The zero-order valence-electron chi connectivity index (χ0n) is 34.5. The molecule has 0 spiro atoms. The van der Waals surface area contributed by atoms with Crippen molar-refractivity contribution in [2.45, 2.75) is 244 Å². The lowest BCUT2D eigenvalue weighted by atomic mass is 10.0. The number of carbonyl (C=O) groups is 2. The molecule has 3 N–H and O–H groups in total. The zero-order chi connectivity index (χ0) is 38.0. The van der Waals surface area contributed by atoms with Crippen LogP contribution >= 0.6 is 0 Å². The fourth-order valence-electron chi connectivity index (χ4n) is 6.73. The van der Waals surface area contributed by atoms with E-state index in [1.807, 2.05) is 0 Å². The van der Waals surface area contributed by atoms with Crippen LogP contribution in [0.25, 0.3) is 0 Å². The molecule has 0 aromatic heterocycles. The van der Waals surface area contributed by atoms with E-state index in [0.717, 1.165) is 70.6 Å². The fourth-order valence-corrected chi connectivity index (χ4v) is 6.73. The lowest BCUT2D eigenvalue weighted by Gasteiger charge is -2.22. The van der Waals surface area contributed by atoms with Crippen molar-refractivity contribution in [3.8, 4) is 0 Å². The van der Waals surface area contributed by atoms with Crippen molar-refractivity contribution in [3.63, 3.8) is 0 Å². The number of nitrogens with one attached hydrogen (secondary N) is 1. The van der Waals surface area contributed by atoms with Crippen molar-refractivity contribution in [3.05, 3.63) is 24.3 Å². The van der Waals surface area contributed by atoms with Gasteiger partial charge in [-0.1, -0.05) is 192 Å². The molecule has 0 saturated carbocycles. The third-order valence-electron chi connectivity index (χ3n) is 10.2.